The molecule has 0 N–H and O–H groups in total. The second-order valence-electron chi connectivity index (χ2n) is 9.23. The highest BCUT2D eigenvalue weighted by atomic mass is 35.5. The van der Waals surface area contributed by atoms with Crippen molar-refractivity contribution in [1.82, 2.24) is 14.2 Å². The van der Waals surface area contributed by atoms with E-state index < -0.39 is 10.0 Å². The Bertz CT molecular complexity index is 1310. The highest BCUT2D eigenvalue weighted by molar-refractivity contribution is 7.89. The third-order valence-corrected chi connectivity index (χ3v) is 9.86. The maximum Gasteiger partial charge on any atom is 0.260 e. The average molecular weight is 549 g/mol. The number of thiazole rings is 1. The summed E-state index contributed by atoms with van der Waals surface area (Å²) in [6.07, 6.45) is 1.91. The normalized spacial score (nSPS) is 17.1. The zero-order valence-electron chi connectivity index (χ0n) is 21.0. The molecular weight excluding hydrogens is 516 g/mol. The van der Waals surface area contributed by atoms with Crippen LogP contribution in [0.25, 0.3) is 10.2 Å². The lowest BCUT2D eigenvalue weighted by molar-refractivity contribution is 0.0983. The third-order valence-electron chi connectivity index (χ3n) is 6.71. The molecule has 0 aliphatic carbocycles. The minimum atomic E-state index is -3.58. The number of halogens is 1. The van der Waals surface area contributed by atoms with Gasteiger partial charge in [-0.25, -0.2) is 13.4 Å². The number of hydrogen-bond acceptors (Lipinski definition) is 6. The molecule has 4 rings (SSSR count). The fourth-order valence-corrected chi connectivity index (χ4v) is 7.37. The number of anilines is 1. The highest BCUT2D eigenvalue weighted by Crippen LogP contribution is 2.32. The van der Waals surface area contributed by atoms with E-state index in [1.54, 1.807) is 39.5 Å². The first-order valence-corrected chi connectivity index (χ1v) is 15.1. The van der Waals surface area contributed by atoms with Crippen molar-refractivity contribution in [2.75, 3.05) is 44.2 Å². The van der Waals surface area contributed by atoms with Crippen LogP contribution in [-0.2, 0) is 10.0 Å². The Kier molecular flexibility index (Phi) is 8.67. The van der Waals surface area contributed by atoms with Gasteiger partial charge in [0.05, 0.1) is 15.1 Å². The van der Waals surface area contributed by atoms with Gasteiger partial charge in [-0.3, -0.25) is 9.69 Å². The topological polar surface area (TPSA) is 73.8 Å². The molecule has 1 aromatic heterocycles. The molecule has 0 spiro atoms. The van der Waals surface area contributed by atoms with Gasteiger partial charge in [-0.15, -0.1) is 0 Å². The zero-order valence-corrected chi connectivity index (χ0v) is 23.4. The SMILES string of the molecule is CCN(CC)CCN(C(=O)c1ccc(S(=O)(=O)N2CCCC(C)C2)cc1)c1nc2ccc(Cl)cc2s1. The number of carbonyl (C=O) groups excluding carboxylic acids is 1. The van der Waals surface area contributed by atoms with Crippen molar-refractivity contribution >= 4 is 54.2 Å². The molecule has 3 aromatic rings. The standard InChI is InChI=1S/C26H33ClN4O3S2/c1-4-29(5-2)15-16-31(26-28-23-13-10-21(27)17-24(23)35-26)25(32)20-8-11-22(12-9-20)36(33,34)30-14-6-7-19(3)18-30/h8-13,17,19H,4-7,14-16,18H2,1-3H3. The minimum Gasteiger partial charge on any atom is -0.302 e. The lowest BCUT2D eigenvalue weighted by Gasteiger charge is -2.30. The number of hydrogen-bond donors (Lipinski definition) is 0. The quantitative estimate of drug-likeness (QED) is 0.360. The molecule has 1 aliphatic rings. The summed E-state index contributed by atoms with van der Waals surface area (Å²) < 4.78 is 28.8. The number of aromatic nitrogens is 1. The van der Waals surface area contributed by atoms with E-state index in [-0.39, 0.29) is 10.8 Å². The number of likely N-dealkylation sites (N-methyl/N-ethyl adjacent to an activating group) is 1. The van der Waals surface area contributed by atoms with Crippen molar-refractivity contribution in [3.8, 4) is 0 Å². The number of fused-ring (bicyclic) bond motifs is 1. The van der Waals surface area contributed by atoms with Crippen LogP contribution in [0.5, 0.6) is 0 Å². The summed E-state index contributed by atoms with van der Waals surface area (Å²) in [6, 6.07) is 11.8. The van der Waals surface area contributed by atoms with Gasteiger partial charge in [0, 0.05) is 36.8 Å². The minimum absolute atomic E-state index is 0.206. The van der Waals surface area contributed by atoms with Gasteiger partial charge < -0.3 is 4.90 Å². The van der Waals surface area contributed by atoms with Crippen LogP contribution in [0, 0.1) is 5.92 Å². The molecule has 1 fully saturated rings. The number of amides is 1. The Labute approximate surface area is 222 Å². The maximum absolute atomic E-state index is 13.7. The lowest BCUT2D eigenvalue weighted by atomic mass is 10.0. The number of benzene rings is 2. The van der Waals surface area contributed by atoms with Gasteiger partial charge >= 0.3 is 0 Å². The van der Waals surface area contributed by atoms with Crippen LogP contribution in [0.15, 0.2) is 47.4 Å². The molecule has 10 heteroatoms. The van der Waals surface area contributed by atoms with Crippen molar-refractivity contribution in [2.45, 2.75) is 38.5 Å². The average Bonchev–Trinajstić information content (AvgIpc) is 3.29. The van der Waals surface area contributed by atoms with Crippen LogP contribution in [0.1, 0.15) is 44.0 Å². The predicted octanol–water partition coefficient (Wildman–Crippen LogP) is 5.36. The van der Waals surface area contributed by atoms with Gasteiger partial charge in [0.2, 0.25) is 10.0 Å². The van der Waals surface area contributed by atoms with Gasteiger partial charge in [-0.2, -0.15) is 4.31 Å². The fourth-order valence-electron chi connectivity index (χ4n) is 4.51. The molecule has 7 nitrogen and oxygen atoms in total. The van der Waals surface area contributed by atoms with E-state index in [9.17, 15) is 13.2 Å². The summed E-state index contributed by atoms with van der Waals surface area (Å²) in [6.45, 7) is 10.3. The molecule has 0 saturated carbocycles. The van der Waals surface area contributed by atoms with Gasteiger partial charge in [0.25, 0.3) is 5.91 Å². The van der Waals surface area contributed by atoms with Crippen molar-refractivity contribution in [3.63, 3.8) is 0 Å². The van der Waals surface area contributed by atoms with Gasteiger partial charge in [0.1, 0.15) is 0 Å². The summed E-state index contributed by atoms with van der Waals surface area (Å²) in [5.74, 6) is 0.139. The summed E-state index contributed by atoms with van der Waals surface area (Å²) in [7, 11) is -3.58. The first-order valence-electron chi connectivity index (χ1n) is 12.4. The molecule has 194 valence electrons. The molecule has 1 saturated heterocycles. The predicted molar refractivity (Wildman–Crippen MR) is 148 cm³/mol. The van der Waals surface area contributed by atoms with E-state index in [0.717, 1.165) is 36.1 Å². The van der Waals surface area contributed by atoms with E-state index in [4.69, 9.17) is 16.6 Å². The van der Waals surface area contributed by atoms with Crippen molar-refractivity contribution in [2.24, 2.45) is 5.92 Å². The van der Waals surface area contributed by atoms with Crippen LogP contribution < -0.4 is 4.90 Å². The van der Waals surface area contributed by atoms with Crippen molar-refractivity contribution in [3.05, 3.63) is 53.1 Å². The Balaban J connectivity index is 1.61. The van der Waals surface area contributed by atoms with E-state index in [0.29, 0.717) is 47.8 Å². The first-order chi connectivity index (χ1) is 17.2. The molecular formula is C26H33ClN4O3S2. The number of carbonyl (C=O) groups is 1. The largest absolute Gasteiger partial charge is 0.302 e. The number of nitrogens with zero attached hydrogens (tertiary/aromatic N) is 4. The molecule has 0 bridgehead atoms. The summed E-state index contributed by atoms with van der Waals surface area (Å²) in [4.78, 5) is 22.5. The van der Waals surface area contributed by atoms with Gasteiger partial charge in [-0.05, 0) is 74.3 Å². The van der Waals surface area contributed by atoms with E-state index in [1.165, 1.54) is 11.3 Å². The van der Waals surface area contributed by atoms with Crippen LogP contribution in [-0.4, -0.2) is 67.8 Å². The third kappa shape index (κ3) is 5.92. The van der Waals surface area contributed by atoms with Crippen LogP contribution in [0.4, 0.5) is 5.13 Å². The van der Waals surface area contributed by atoms with E-state index in [1.807, 2.05) is 12.1 Å². The van der Waals surface area contributed by atoms with Crippen LogP contribution in [0.2, 0.25) is 5.02 Å². The Morgan fingerprint density at radius 1 is 1.14 bits per heavy atom. The lowest BCUT2D eigenvalue weighted by Crippen LogP contribution is -2.39. The molecule has 1 aliphatic heterocycles. The number of piperidine rings is 1. The van der Waals surface area contributed by atoms with Gasteiger partial charge in [0.15, 0.2) is 5.13 Å². The highest BCUT2D eigenvalue weighted by Gasteiger charge is 2.29. The molecule has 2 heterocycles. The summed E-state index contributed by atoms with van der Waals surface area (Å²) in [5, 5.41) is 1.22. The Hall–Kier alpha value is -2.04. The summed E-state index contributed by atoms with van der Waals surface area (Å²) in [5.41, 5.74) is 1.22. The van der Waals surface area contributed by atoms with Crippen LogP contribution >= 0.6 is 22.9 Å². The molecule has 36 heavy (non-hydrogen) atoms. The number of rotatable bonds is 9. The molecule has 0 radical (unpaired) electrons. The summed E-state index contributed by atoms with van der Waals surface area (Å²) >= 11 is 7.59. The molecule has 1 unspecified atom stereocenters. The second-order valence-corrected chi connectivity index (χ2v) is 12.6. The smallest absolute Gasteiger partial charge is 0.260 e. The van der Waals surface area contributed by atoms with Crippen molar-refractivity contribution in [1.29, 1.82) is 0 Å². The molecule has 1 atom stereocenters. The monoisotopic (exact) mass is 548 g/mol. The van der Waals surface area contributed by atoms with E-state index >= 15 is 0 Å². The Morgan fingerprint density at radius 2 is 1.86 bits per heavy atom. The fraction of sp³-hybridized carbons (Fsp3) is 0.462. The maximum atomic E-state index is 13.7. The number of sulfonamides is 1. The Morgan fingerprint density at radius 3 is 2.53 bits per heavy atom. The molecule has 1 amide bonds. The van der Waals surface area contributed by atoms with E-state index in [2.05, 4.69) is 25.7 Å². The van der Waals surface area contributed by atoms with Crippen molar-refractivity contribution < 1.29 is 13.2 Å². The zero-order chi connectivity index (χ0) is 25.9. The van der Waals surface area contributed by atoms with Gasteiger partial charge in [-0.1, -0.05) is 43.7 Å². The molecule has 2 aromatic carbocycles. The second kappa shape index (κ2) is 11.6. The van der Waals surface area contributed by atoms with Crippen LogP contribution in [0.3, 0.4) is 0 Å². The first kappa shape index (κ1) is 27.0.